The van der Waals surface area contributed by atoms with Crippen molar-refractivity contribution in [2.24, 2.45) is 0 Å². The number of aromatic nitrogens is 2. The topological polar surface area (TPSA) is 69.4 Å². The lowest BCUT2D eigenvalue weighted by atomic mass is 10.1. The van der Waals surface area contributed by atoms with E-state index in [1.165, 1.54) is 0 Å². The zero-order valence-corrected chi connectivity index (χ0v) is 12.3. The van der Waals surface area contributed by atoms with Crippen LogP contribution >= 0.6 is 0 Å². The Morgan fingerprint density at radius 1 is 1.24 bits per heavy atom. The molecule has 1 N–H and O–H groups in total. The first kappa shape index (κ1) is 13.9. The molecule has 0 amide bonds. The highest BCUT2D eigenvalue weighted by Gasteiger charge is 2.14. The van der Waals surface area contributed by atoms with Crippen LogP contribution in [0.25, 0.3) is 0 Å². The molecule has 0 spiro atoms. The second kappa shape index (κ2) is 6.13. The molecule has 0 fully saturated rings. The number of nitrogens with one attached hydrogen (secondary N) is 1. The van der Waals surface area contributed by atoms with Gasteiger partial charge in [0.05, 0.1) is 19.8 Å². The molecule has 0 radical (unpaired) electrons. The normalized spacial score (nSPS) is 15.5. The average Bonchev–Trinajstić information content (AvgIpc) is 2.77. The van der Waals surface area contributed by atoms with Crippen molar-refractivity contribution in [3.8, 4) is 11.5 Å². The van der Waals surface area contributed by atoms with Gasteiger partial charge in [0.2, 0.25) is 5.89 Å². The van der Waals surface area contributed by atoms with Gasteiger partial charge in [0.1, 0.15) is 0 Å². The quantitative estimate of drug-likeness (QED) is 0.932. The third kappa shape index (κ3) is 3.33. The molecule has 2 heterocycles. The summed E-state index contributed by atoms with van der Waals surface area (Å²) in [6.45, 7) is 5.83. The lowest BCUT2D eigenvalue weighted by molar-refractivity contribution is 0.297. The highest BCUT2D eigenvalue weighted by Crippen LogP contribution is 2.32. The van der Waals surface area contributed by atoms with Gasteiger partial charge in [-0.25, -0.2) is 0 Å². The van der Waals surface area contributed by atoms with E-state index in [0.29, 0.717) is 31.5 Å². The zero-order valence-electron chi connectivity index (χ0n) is 12.3. The van der Waals surface area contributed by atoms with E-state index in [-0.39, 0.29) is 6.04 Å². The van der Waals surface area contributed by atoms with Crippen molar-refractivity contribution in [2.45, 2.75) is 32.9 Å². The smallest absolute Gasteiger partial charge is 0.240 e. The maximum absolute atomic E-state index is 5.71. The molecule has 0 bridgehead atoms. The first-order valence-electron chi connectivity index (χ1n) is 7.14. The van der Waals surface area contributed by atoms with Crippen molar-refractivity contribution < 1.29 is 14.0 Å². The number of benzene rings is 1. The number of aryl methyl sites for hydroxylation is 1. The van der Waals surface area contributed by atoms with E-state index in [2.05, 4.69) is 22.4 Å². The third-order valence-corrected chi connectivity index (χ3v) is 3.40. The summed E-state index contributed by atoms with van der Waals surface area (Å²) in [5, 5.41) is 7.13. The lowest BCUT2D eigenvalue weighted by Gasteiger charge is -2.15. The molecule has 21 heavy (non-hydrogen) atoms. The molecule has 6 heteroatoms. The van der Waals surface area contributed by atoms with Gasteiger partial charge in [-0.1, -0.05) is 11.2 Å². The van der Waals surface area contributed by atoms with Crippen LogP contribution in [0.4, 0.5) is 0 Å². The van der Waals surface area contributed by atoms with E-state index in [1.807, 2.05) is 18.2 Å². The standard InChI is InChI=1S/C15H19N3O3/c1-10(16-9-15-17-11(2)18-21-15)12-4-5-13-14(8-12)20-7-3-6-19-13/h4-5,8,10,16H,3,6-7,9H2,1-2H3. The van der Waals surface area contributed by atoms with Crippen LogP contribution in [-0.2, 0) is 6.54 Å². The van der Waals surface area contributed by atoms with Crippen LogP contribution < -0.4 is 14.8 Å². The molecule has 0 saturated carbocycles. The van der Waals surface area contributed by atoms with Gasteiger partial charge in [-0.3, -0.25) is 0 Å². The van der Waals surface area contributed by atoms with Gasteiger partial charge in [0.15, 0.2) is 17.3 Å². The van der Waals surface area contributed by atoms with Gasteiger partial charge in [-0.2, -0.15) is 4.98 Å². The van der Waals surface area contributed by atoms with Crippen LogP contribution in [0, 0.1) is 6.92 Å². The molecule has 0 saturated heterocycles. The Hall–Kier alpha value is -2.08. The van der Waals surface area contributed by atoms with Crippen LogP contribution in [0.1, 0.15) is 36.7 Å². The fourth-order valence-corrected chi connectivity index (χ4v) is 2.22. The summed E-state index contributed by atoms with van der Waals surface area (Å²) in [6, 6.07) is 6.18. The minimum Gasteiger partial charge on any atom is -0.490 e. The van der Waals surface area contributed by atoms with E-state index >= 15 is 0 Å². The predicted molar refractivity (Wildman–Crippen MR) is 76.3 cm³/mol. The third-order valence-electron chi connectivity index (χ3n) is 3.40. The van der Waals surface area contributed by atoms with Crippen LogP contribution in [-0.4, -0.2) is 23.4 Å². The van der Waals surface area contributed by atoms with E-state index in [1.54, 1.807) is 6.92 Å². The first-order chi connectivity index (χ1) is 10.2. The van der Waals surface area contributed by atoms with Crippen molar-refractivity contribution in [3.63, 3.8) is 0 Å². The minimum absolute atomic E-state index is 0.148. The predicted octanol–water partition coefficient (Wildman–Crippen LogP) is 2.39. The molecule has 2 aromatic rings. The first-order valence-corrected chi connectivity index (χ1v) is 7.14. The van der Waals surface area contributed by atoms with E-state index in [9.17, 15) is 0 Å². The van der Waals surface area contributed by atoms with Crippen molar-refractivity contribution in [1.82, 2.24) is 15.5 Å². The minimum atomic E-state index is 0.148. The molecule has 1 unspecified atom stereocenters. The number of rotatable bonds is 4. The highest BCUT2D eigenvalue weighted by atomic mass is 16.5. The van der Waals surface area contributed by atoms with Crippen LogP contribution in [0.15, 0.2) is 22.7 Å². The van der Waals surface area contributed by atoms with Gasteiger partial charge in [0, 0.05) is 12.5 Å². The molecular formula is C15H19N3O3. The molecule has 1 aromatic carbocycles. The Bertz CT molecular complexity index is 612. The summed E-state index contributed by atoms with van der Waals surface area (Å²) in [4.78, 5) is 4.17. The Morgan fingerprint density at radius 2 is 2.05 bits per heavy atom. The monoisotopic (exact) mass is 289 g/mol. The van der Waals surface area contributed by atoms with Gasteiger partial charge in [-0.15, -0.1) is 0 Å². The summed E-state index contributed by atoms with van der Waals surface area (Å²) in [5.41, 5.74) is 1.13. The molecule has 1 aromatic heterocycles. The number of hydrogen-bond donors (Lipinski definition) is 1. The summed E-state index contributed by atoms with van der Waals surface area (Å²) in [7, 11) is 0. The van der Waals surface area contributed by atoms with Crippen molar-refractivity contribution >= 4 is 0 Å². The zero-order chi connectivity index (χ0) is 14.7. The Morgan fingerprint density at radius 3 is 2.81 bits per heavy atom. The molecule has 1 aliphatic rings. The maximum atomic E-state index is 5.71. The summed E-state index contributed by atoms with van der Waals surface area (Å²) < 4.78 is 16.4. The fraction of sp³-hybridized carbons (Fsp3) is 0.467. The number of ether oxygens (including phenoxy) is 2. The average molecular weight is 289 g/mol. The Kier molecular flexibility index (Phi) is 4.06. The number of hydrogen-bond acceptors (Lipinski definition) is 6. The SMILES string of the molecule is Cc1noc(CNC(C)c2ccc3c(c2)OCCCO3)n1. The second-order valence-electron chi connectivity index (χ2n) is 5.09. The molecule has 3 rings (SSSR count). The largest absolute Gasteiger partial charge is 0.490 e. The van der Waals surface area contributed by atoms with Crippen molar-refractivity contribution in [3.05, 3.63) is 35.5 Å². The number of nitrogens with zero attached hydrogens (tertiary/aromatic N) is 2. The summed E-state index contributed by atoms with van der Waals surface area (Å²) >= 11 is 0. The molecule has 112 valence electrons. The molecule has 1 aliphatic heterocycles. The lowest BCUT2D eigenvalue weighted by Crippen LogP contribution is -2.18. The molecular weight excluding hydrogens is 270 g/mol. The van der Waals surface area contributed by atoms with Gasteiger partial charge < -0.3 is 19.3 Å². The summed E-state index contributed by atoms with van der Waals surface area (Å²) in [6.07, 6.45) is 0.911. The van der Waals surface area contributed by atoms with Crippen molar-refractivity contribution in [1.29, 1.82) is 0 Å². The van der Waals surface area contributed by atoms with Crippen molar-refractivity contribution in [2.75, 3.05) is 13.2 Å². The van der Waals surface area contributed by atoms with Crippen LogP contribution in [0.2, 0.25) is 0 Å². The van der Waals surface area contributed by atoms with Gasteiger partial charge in [-0.05, 0) is 31.5 Å². The van der Waals surface area contributed by atoms with Crippen LogP contribution in [0.3, 0.4) is 0 Å². The van der Waals surface area contributed by atoms with E-state index in [0.717, 1.165) is 23.5 Å². The second-order valence-corrected chi connectivity index (χ2v) is 5.09. The molecule has 1 atom stereocenters. The van der Waals surface area contributed by atoms with E-state index in [4.69, 9.17) is 14.0 Å². The maximum Gasteiger partial charge on any atom is 0.240 e. The highest BCUT2D eigenvalue weighted by molar-refractivity contribution is 5.44. The summed E-state index contributed by atoms with van der Waals surface area (Å²) in [5.74, 6) is 2.87. The van der Waals surface area contributed by atoms with Crippen LogP contribution in [0.5, 0.6) is 11.5 Å². The molecule has 6 nitrogen and oxygen atoms in total. The Labute approximate surface area is 123 Å². The van der Waals surface area contributed by atoms with Gasteiger partial charge in [0.25, 0.3) is 0 Å². The van der Waals surface area contributed by atoms with Gasteiger partial charge >= 0.3 is 0 Å². The number of fused-ring (bicyclic) bond motifs is 1. The fourth-order valence-electron chi connectivity index (χ4n) is 2.22. The molecule has 0 aliphatic carbocycles. The van der Waals surface area contributed by atoms with E-state index < -0.39 is 0 Å². The Balaban J connectivity index is 1.66.